The van der Waals surface area contributed by atoms with Crippen LogP contribution in [-0.2, 0) is 5.54 Å². The molecule has 2 rings (SSSR count). The fourth-order valence-electron chi connectivity index (χ4n) is 2.01. The third kappa shape index (κ3) is 3.57. The molecule has 0 amide bonds. The van der Waals surface area contributed by atoms with Gasteiger partial charge in [-0.1, -0.05) is 42.1 Å². The summed E-state index contributed by atoms with van der Waals surface area (Å²) < 4.78 is 1.08. The molecule has 5 heteroatoms. The first kappa shape index (κ1) is 14.5. The van der Waals surface area contributed by atoms with Crippen LogP contribution in [0, 0.1) is 0 Å². The summed E-state index contributed by atoms with van der Waals surface area (Å²) in [6.45, 7) is 0.0892. The molecule has 1 atom stereocenters. The second-order valence-corrected chi connectivity index (χ2v) is 6.49. The first-order chi connectivity index (χ1) is 9.30. The molecule has 0 bridgehead atoms. The van der Waals surface area contributed by atoms with E-state index in [4.69, 9.17) is 0 Å². The second kappa shape index (κ2) is 7.05. The zero-order valence-corrected chi connectivity index (χ0v) is 12.5. The SMILES string of the molecule is CNC(CO)(CCSc1nccs1)c1ccccc1. The Hall–Kier alpha value is -0.880. The lowest BCUT2D eigenvalue weighted by atomic mass is 9.88. The molecule has 1 heterocycles. The molecule has 0 fully saturated rings. The molecule has 0 radical (unpaired) electrons. The van der Waals surface area contributed by atoms with Gasteiger partial charge in [0, 0.05) is 17.3 Å². The van der Waals surface area contributed by atoms with E-state index in [1.165, 1.54) is 0 Å². The van der Waals surface area contributed by atoms with Gasteiger partial charge in [-0.05, 0) is 19.0 Å². The molecule has 0 saturated carbocycles. The minimum atomic E-state index is -0.370. The summed E-state index contributed by atoms with van der Waals surface area (Å²) in [6.07, 6.45) is 2.68. The Morgan fingerprint density at radius 3 is 2.74 bits per heavy atom. The van der Waals surface area contributed by atoms with Crippen LogP contribution in [0.25, 0.3) is 0 Å². The Morgan fingerprint density at radius 1 is 1.37 bits per heavy atom. The molecule has 2 aromatic rings. The average Bonchev–Trinajstić information content (AvgIpc) is 2.98. The van der Waals surface area contributed by atoms with Gasteiger partial charge in [0.2, 0.25) is 0 Å². The van der Waals surface area contributed by atoms with E-state index in [-0.39, 0.29) is 12.1 Å². The van der Waals surface area contributed by atoms with Gasteiger partial charge >= 0.3 is 0 Å². The van der Waals surface area contributed by atoms with Crippen LogP contribution in [0.2, 0.25) is 0 Å². The number of rotatable bonds is 7. The van der Waals surface area contributed by atoms with E-state index in [2.05, 4.69) is 22.4 Å². The van der Waals surface area contributed by atoms with Gasteiger partial charge in [0.25, 0.3) is 0 Å². The predicted octanol–water partition coefficient (Wildman–Crippen LogP) is 2.73. The van der Waals surface area contributed by atoms with Crippen LogP contribution >= 0.6 is 23.1 Å². The summed E-state index contributed by atoms with van der Waals surface area (Å²) in [5.41, 5.74) is 0.755. The molecule has 3 nitrogen and oxygen atoms in total. The molecule has 1 unspecified atom stereocenters. The van der Waals surface area contributed by atoms with Crippen LogP contribution in [0.4, 0.5) is 0 Å². The highest BCUT2D eigenvalue weighted by atomic mass is 32.2. The smallest absolute Gasteiger partial charge is 0.149 e. The molecule has 0 aliphatic carbocycles. The summed E-state index contributed by atoms with van der Waals surface area (Å²) in [5, 5.41) is 15.1. The second-order valence-electron chi connectivity index (χ2n) is 4.25. The number of thiazole rings is 1. The molecular formula is C14H18N2OS2. The summed E-state index contributed by atoms with van der Waals surface area (Å²) in [5.74, 6) is 0.920. The lowest BCUT2D eigenvalue weighted by Gasteiger charge is -2.32. The Morgan fingerprint density at radius 2 is 2.16 bits per heavy atom. The minimum absolute atomic E-state index is 0.0892. The van der Waals surface area contributed by atoms with E-state index in [0.717, 1.165) is 22.1 Å². The Kier molecular flexibility index (Phi) is 5.39. The number of nitrogens with zero attached hydrogens (tertiary/aromatic N) is 1. The van der Waals surface area contributed by atoms with Crippen LogP contribution in [0.5, 0.6) is 0 Å². The number of aliphatic hydroxyl groups excluding tert-OH is 1. The van der Waals surface area contributed by atoms with Crippen molar-refractivity contribution in [3.8, 4) is 0 Å². The van der Waals surface area contributed by atoms with E-state index in [9.17, 15) is 5.11 Å². The van der Waals surface area contributed by atoms with E-state index in [1.54, 1.807) is 23.1 Å². The molecule has 2 N–H and O–H groups in total. The van der Waals surface area contributed by atoms with Gasteiger partial charge in [-0.15, -0.1) is 11.3 Å². The normalized spacial score (nSPS) is 14.2. The number of hydrogen-bond donors (Lipinski definition) is 2. The summed E-state index contributed by atoms with van der Waals surface area (Å²) in [6, 6.07) is 10.1. The van der Waals surface area contributed by atoms with Crippen molar-refractivity contribution < 1.29 is 5.11 Å². The van der Waals surface area contributed by atoms with Gasteiger partial charge in [-0.3, -0.25) is 0 Å². The molecule has 1 aromatic carbocycles. The topological polar surface area (TPSA) is 45.1 Å². The maximum Gasteiger partial charge on any atom is 0.149 e. The van der Waals surface area contributed by atoms with E-state index >= 15 is 0 Å². The molecular weight excluding hydrogens is 276 g/mol. The molecule has 0 saturated heterocycles. The lowest BCUT2D eigenvalue weighted by Crippen LogP contribution is -2.44. The number of nitrogens with one attached hydrogen (secondary N) is 1. The molecule has 0 aliphatic rings. The van der Waals surface area contributed by atoms with Crippen LogP contribution in [-0.4, -0.2) is 29.5 Å². The lowest BCUT2D eigenvalue weighted by molar-refractivity contribution is 0.165. The molecule has 19 heavy (non-hydrogen) atoms. The number of aliphatic hydroxyl groups is 1. The minimum Gasteiger partial charge on any atom is -0.394 e. The van der Waals surface area contributed by atoms with Gasteiger partial charge in [0.05, 0.1) is 12.1 Å². The maximum atomic E-state index is 9.80. The van der Waals surface area contributed by atoms with Crippen LogP contribution in [0.1, 0.15) is 12.0 Å². The zero-order valence-electron chi connectivity index (χ0n) is 10.9. The van der Waals surface area contributed by atoms with Gasteiger partial charge < -0.3 is 10.4 Å². The van der Waals surface area contributed by atoms with Crippen molar-refractivity contribution in [3.05, 3.63) is 47.5 Å². The fraction of sp³-hybridized carbons (Fsp3) is 0.357. The van der Waals surface area contributed by atoms with Crippen molar-refractivity contribution >= 4 is 23.1 Å². The molecule has 0 spiro atoms. The van der Waals surface area contributed by atoms with Crippen LogP contribution in [0.15, 0.2) is 46.2 Å². The van der Waals surface area contributed by atoms with E-state index in [1.807, 2.05) is 36.8 Å². The Labute approximate surface area is 122 Å². The van der Waals surface area contributed by atoms with Crippen LogP contribution < -0.4 is 5.32 Å². The Balaban J connectivity index is 2.03. The van der Waals surface area contributed by atoms with E-state index in [0.29, 0.717) is 0 Å². The number of benzene rings is 1. The fourth-order valence-corrected chi connectivity index (χ4v) is 3.82. The van der Waals surface area contributed by atoms with Gasteiger partial charge in [0.1, 0.15) is 4.34 Å². The van der Waals surface area contributed by atoms with Crippen molar-refractivity contribution in [3.63, 3.8) is 0 Å². The van der Waals surface area contributed by atoms with Gasteiger partial charge in [-0.25, -0.2) is 4.98 Å². The average molecular weight is 294 g/mol. The monoisotopic (exact) mass is 294 g/mol. The molecule has 0 aliphatic heterocycles. The highest BCUT2D eigenvalue weighted by molar-refractivity contribution is 8.00. The molecule has 102 valence electrons. The summed E-state index contributed by atoms with van der Waals surface area (Å²) in [7, 11) is 1.90. The van der Waals surface area contributed by atoms with Crippen molar-refractivity contribution in [1.29, 1.82) is 0 Å². The largest absolute Gasteiger partial charge is 0.394 e. The first-order valence-electron chi connectivity index (χ1n) is 6.18. The quantitative estimate of drug-likeness (QED) is 0.771. The van der Waals surface area contributed by atoms with Gasteiger partial charge in [-0.2, -0.15) is 0 Å². The third-order valence-electron chi connectivity index (χ3n) is 3.24. The van der Waals surface area contributed by atoms with Crippen LogP contribution in [0.3, 0.4) is 0 Å². The van der Waals surface area contributed by atoms with Gasteiger partial charge in [0.15, 0.2) is 0 Å². The van der Waals surface area contributed by atoms with E-state index < -0.39 is 0 Å². The zero-order chi connectivity index (χ0) is 13.6. The first-order valence-corrected chi connectivity index (χ1v) is 8.05. The highest BCUT2D eigenvalue weighted by Crippen LogP contribution is 2.29. The number of thioether (sulfide) groups is 1. The number of hydrogen-bond acceptors (Lipinski definition) is 5. The summed E-state index contributed by atoms with van der Waals surface area (Å²) >= 11 is 3.39. The highest BCUT2D eigenvalue weighted by Gasteiger charge is 2.29. The van der Waals surface area contributed by atoms with Crippen molar-refractivity contribution in [1.82, 2.24) is 10.3 Å². The van der Waals surface area contributed by atoms with Crippen molar-refractivity contribution in [2.75, 3.05) is 19.4 Å². The standard InChI is InChI=1S/C14H18N2OS2/c1-15-14(11-17,12-5-3-2-4-6-12)7-9-18-13-16-8-10-19-13/h2-6,8,10,15,17H,7,9,11H2,1H3. The maximum absolute atomic E-state index is 9.80. The van der Waals surface area contributed by atoms with Crippen molar-refractivity contribution in [2.45, 2.75) is 16.3 Å². The number of aromatic nitrogens is 1. The predicted molar refractivity (Wildman–Crippen MR) is 81.7 cm³/mol. The Bertz CT molecular complexity index is 469. The number of likely N-dealkylation sites (N-methyl/N-ethyl adjacent to an activating group) is 1. The third-order valence-corrected chi connectivity index (χ3v) is 5.21. The summed E-state index contributed by atoms with van der Waals surface area (Å²) in [4.78, 5) is 4.26. The van der Waals surface area contributed by atoms with Crippen molar-refractivity contribution in [2.24, 2.45) is 0 Å². The molecule has 1 aromatic heterocycles.